The quantitative estimate of drug-likeness (QED) is 0.620. The Morgan fingerprint density at radius 1 is 1.07 bits per heavy atom. The smallest absolute Gasteiger partial charge is 0.251 e. The summed E-state index contributed by atoms with van der Waals surface area (Å²) in [7, 11) is 0. The van der Waals surface area contributed by atoms with Crippen LogP contribution in [0.15, 0.2) is 24.3 Å². The number of nitrogens with one attached hydrogen (secondary N) is 2. The van der Waals surface area contributed by atoms with E-state index in [-0.39, 0.29) is 17.7 Å². The summed E-state index contributed by atoms with van der Waals surface area (Å²) in [5.41, 5.74) is 2.59. The molecule has 1 aromatic heterocycles. The van der Waals surface area contributed by atoms with E-state index in [0.29, 0.717) is 17.8 Å². The average molecular weight is 426 g/mol. The molecule has 0 spiro atoms. The number of carbonyl (C=O) groups excluding carboxylic acids is 2. The van der Waals surface area contributed by atoms with Crippen molar-refractivity contribution >= 4 is 28.8 Å². The summed E-state index contributed by atoms with van der Waals surface area (Å²) >= 11 is 1.85. The minimum absolute atomic E-state index is 0.0819. The average Bonchev–Trinajstić information content (AvgIpc) is 3.20. The molecule has 2 aliphatic carbocycles. The van der Waals surface area contributed by atoms with Crippen LogP contribution in [0.2, 0.25) is 0 Å². The van der Waals surface area contributed by atoms with Crippen molar-refractivity contribution in [2.24, 2.45) is 5.92 Å². The molecule has 2 aromatic rings. The van der Waals surface area contributed by atoms with E-state index in [1.165, 1.54) is 41.3 Å². The molecule has 5 nitrogen and oxygen atoms in total. The lowest BCUT2D eigenvalue weighted by atomic mass is 9.88. The summed E-state index contributed by atoms with van der Waals surface area (Å²) < 4.78 is 0. The summed E-state index contributed by atoms with van der Waals surface area (Å²) in [4.78, 5) is 31.2. The number of hydrogen-bond acceptors (Lipinski definition) is 4. The summed E-state index contributed by atoms with van der Waals surface area (Å²) in [5.74, 6) is 0.0911. The monoisotopic (exact) mass is 425 g/mol. The van der Waals surface area contributed by atoms with Crippen molar-refractivity contribution in [3.05, 3.63) is 45.4 Å². The molecular weight excluding hydrogens is 394 g/mol. The van der Waals surface area contributed by atoms with E-state index in [1.54, 1.807) is 12.1 Å². The summed E-state index contributed by atoms with van der Waals surface area (Å²) in [6, 6.07) is 7.23. The number of aryl methyl sites for hydroxylation is 3. The predicted molar refractivity (Wildman–Crippen MR) is 121 cm³/mol. The van der Waals surface area contributed by atoms with Crippen molar-refractivity contribution in [2.45, 2.75) is 70.6 Å². The first-order valence-corrected chi connectivity index (χ1v) is 12.2. The van der Waals surface area contributed by atoms with E-state index in [1.807, 2.05) is 23.5 Å². The lowest BCUT2D eigenvalue weighted by Crippen LogP contribution is -2.26. The van der Waals surface area contributed by atoms with Crippen molar-refractivity contribution in [3.8, 4) is 0 Å². The molecule has 160 valence electrons. The molecule has 1 fully saturated rings. The SMILES string of the molecule is O=C(NCCCc1nc2c(s1)CCCC2)c1cccc(NC(=O)C2CCCCC2)c1. The Morgan fingerprint density at radius 2 is 1.90 bits per heavy atom. The molecule has 0 radical (unpaired) electrons. The molecule has 0 unspecified atom stereocenters. The van der Waals surface area contributed by atoms with E-state index in [4.69, 9.17) is 4.98 Å². The number of rotatable bonds is 7. The largest absolute Gasteiger partial charge is 0.352 e. The normalized spacial score (nSPS) is 16.7. The van der Waals surface area contributed by atoms with Crippen LogP contribution < -0.4 is 10.6 Å². The van der Waals surface area contributed by atoms with Gasteiger partial charge in [0.05, 0.1) is 10.7 Å². The van der Waals surface area contributed by atoms with Gasteiger partial charge in [0.2, 0.25) is 5.91 Å². The highest BCUT2D eigenvalue weighted by Crippen LogP contribution is 2.27. The lowest BCUT2D eigenvalue weighted by molar-refractivity contribution is -0.120. The molecule has 2 aliphatic rings. The molecular formula is C24H31N3O2S. The fourth-order valence-corrected chi connectivity index (χ4v) is 5.60. The molecule has 1 heterocycles. The Kier molecular flexibility index (Phi) is 7.16. The molecule has 2 amide bonds. The fourth-order valence-electron chi connectivity index (χ4n) is 4.40. The van der Waals surface area contributed by atoms with Crippen LogP contribution in [0.25, 0.3) is 0 Å². The standard InChI is InChI=1S/C24H31N3O2S/c28-23(25-15-7-14-22-27-20-12-4-5-13-21(20)30-22)18-10-6-11-19(16-18)26-24(29)17-8-2-1-3-9-17/h6,10-11,16-17H,1-5,7-9,12-15H2,(H,25,28)(H,26,29). The van der Waals surface area contributed by atoms with Crippen molar-refractivity contribution in [2.75, 3.05) is 11.9 Å². The Hall–Kier alpha value is -2.21. The number of fused-ring (bicyclic) bond motifs is 1. The van der Waals surface area contributed by atoms with E-state index < -0.39 is 0 Å². The van der Waals surface area contributed by atoms with Crippen molar-refractivity contribution in [1.82, 2.24) is 10.3 Å². The topological polar surface area (TPSA) is 71.1 Å². The fraction of sp³-hybridized carbons (Fsp3) is 0.542. The van der Waals surface area contributed by atoms with Gasteiger partial charge in [0.15, 0.2) is 0 Å². The molecule has 1 saturated carbocycles. The van der Waals surface area contributed by atoms with Crippen molar-refractivity contribution in [1.29, 1.82) is 0 Å². The number of anilines is 1. The Bertz CT molecular complexity index is 863. The second kappa shape index (κ2) is 10.2. The first-order chi connectivity index (χ1) is 14.7. The van der Waals surface area contributed by atoms with Gasteiger partial charge >= 0.3 is 0 Å². The maximum atomic E-state index is 12.5. The number of hydrogen-bond donors (Lipinski definition) is 2. The maximum Gasteiger partial charge on any atom is 0.251 e. The number of aromatic nitrogens is 1. The van der Waals surface area contributed by atoms with Gasteiger partial charge in [-0.15, -0.1) is 11.3 Å². The highest BCUT2D eigenvalue weighted by Gasteiger charge is 2.21. The van der Waals surface area contributed by atoms with Gasteiger partial charge in [-0.1, -0.05) is 25.3 Å². The second-order valence-electron chi connectivity index (χ2n) is 8.45. The lowest BCUT2D eigenvalue weighted by Gasteiger charge is -2.20. The minimum Gasteiger partial charge on any atom is -0.352 e. The van der Waals surface area contributed by atoms with Crippen LogP contribution in [0, 0.1) is 5.92 Å². The third-order valence-corrected chi connectivity index (χ3v) is 7.33. The third-order valence-electron chi connectivity index (χ3n) is 6.11. The van der Waals surface area contributed by atoms with Gasteiger partial charge in [-0.2, -0.15) is 0 Å². The summed E-state index contributed by atoms with van der Waals surface area (Å²) in [6.45, 7) is 0.627. The van der Waals surface area contributed by atoms with Gasteiger partial charge in [-0.3, -0.25) is 9.59 Å². The van der Waals surface area contributed by atoms with Crippen LogP contribution in [0.4, 0.5) is 5.69 Å². The highest BCUT2D eigenvalue weighted by molar-refractivity contribution is 7.11. The van der Waals surface area contributed by atoms with Gasteiger partial charge in [0.1, 0.15) is 0 Å². The van der Waals surface area contributed by atoms with Gasteiger partial charge in [0, 0.05) is 35.0 Å². The minimum atomic E-state index is -0.0952. The van der Waals surface area contributed by atoms with Gasteiger partial charge < -0.3 is 10.6 Å². The molecule has 30 heavy (non-hydrogen) atoms. The third kappa shape index (κ3) is 5.48. The van der Waals surface area contributed by atoms with Gasteiger partial charge in [-0.05, 0) is 63.1 Å². The predicted octanol–water partition coefficient (Wildman–Crippen LogP) is 4.90. The van der Waals surface area contributed by atoms with E-state index in [0.717, 1.165) is 44.9 Å². The second-order valence-corrected chi connectivity index (χ2v) is 9.62. The van der Waals surface area contributed by atoms with Crippen molar-refractivity contribution in [3.63, 3.8) is 0 Å². The molecule has 6 heteroatoms. The molecule has 1 aromatic carbocycles. The molecule has 4 rings (SSSR count). The van der Waals surface area contributed by atoms with Crippen LogP contribution in [-0.2, 0) is 24.1 Å². The van der Waals surface area contributed by atoms with Crippen molar-refractivity contribution < 1.29 is 9.59 Å². The van der Waals surface area contributed by atoms with E-state index in [2.05, 4.69) is 10.6 Å². The summed E-state index contributed by atoms with van der Waals surface area (Å²) in [6.07, 6.45) is 12.1. The maximum absolute atomic E-state index is 12.5. The first-order valence-electron chi connectivity index (χ1n) is 11.4. The molecule has 0 atom stereocenters. The molecule has 0 bridgehead atoms. The number of carbonyl (C=O) groups is 2. The van der Waals surface area contributed by atoms with E-state index >= 15 is 0 Å². The molecule has 0 saturated heterocycles. The number of thiazole rings is 1. The summed E-state index contributed by atoms with van der Waals surface area (Å²) in [5, 5.41) is 7.19. The van der Waals surface area contributed by atoms with Crippen LogP contribution in [0.3, 0.4) is 0 Å². The Labute approximate surface area is 182 Å². The zero-order valence-electron chi connectivity index (χ0n) is 17.5. The van der Waals surface area contributed by atoms with Gasteiger partial charge in [0.25, 0.3) is 5.91 Å². The molecule has 0 aliphatic heterocycles. The number of amides is 2. The zero-order valence-corrected chi connectivity index (χ0v) is 18.4. The Morgan fingerprint density at radius 3 is 2.73 bits per heavy atom. The van der Waals surface area contributed by atoms with Crippen LogP contribution in [0.1, 0.15) is 77.3 Å². The van der Waals surface area contributed by atoms with Crippen LogP contribution in [-0.4, -0.2) is 23.3 Å². The first kappa shape index (κ1) is 21.0. The van der Waals surface area contributed by atoms with Crippen LogP contribution in [0.5, 0.6) is 0 Å². The van der Waals surface area contributed by atoms with Gasteiger partial charge in [-0.25, -0.2) is 4.98 Å². The number of nitrogens with zero attached hydrogens (tertiary/aromatic N) is 1. The Balaban J connectivity index is 1.23. The molecule has 2 N–H and O–H groups in total. The van der Waals surface area contributed by atoms with Crippen LogP contribution >= 0.6 is 11.3 Å². The zero-order chi connectivity index (χ0) is 20.8. The number of benzene rings is 1. The highest BCUT2D eigenvalue weighted by atomic mass is 32.1. The van der Waals surface area contributed by atoms with E-state index in [9.17, 15) is 9.59 Å².